The van der Waals surface area contributed by atoms with Crippen molar-refractivity contribution in [1.29, 1.82) is 0 Å². The fraction of sp³-hybridized carbons (Fsp3) is 0.500. The van der Waals surface area contributed by atoms with Crippen LogP contribution in [0.4, 0.5) is 0 Å². The molecule has 2 heteroatoms. The topological polar surface area (TPSA) is 29.5 Å². The summed E-state index contributed by atoms with van der Waals surface area (Å²) in [6, 6.07) is 6.23. The monoisotopic (exact) mass is 246 g/mol. The average Bonchev–Trinajstić information content (AvgIpc) is 2.60. The SMILES string of the molecule is CC(C)C(=Cc1cccc2c1OC(C)(C)C2)CO. The Labute approximate surface area is 109 Å². The first-order valence-corrected chi connectivity index (χ1v) is 6.55. The molecule has 0 saturated heterocycles. The Balaban J connectivity index is 2.41. The van der Waals surface area contributed by atoms with Crippen molar-refractivity contribution >= 4 is 6.08 Å². The Bertz CT molecular complexity index is 470. The van der Waals surface area contributed by atoms with E-state index in [1.54, 1.807) is 0 Å². The molecule has 2 rings (SSSR count). The Morgan fingerprint density at radius 1 is 1.44 bits per heavy atom. The number of ether oxygens (including phenoxy) is 1. The van der Waals surface area contributed by atoms with Gasteiger partial charge in [0.15, 0.2) is 0 Å². The van der Waals surface area contributed by atoms with Crippen LogP contribution in [0, 0.1) is 5.92 Å². The summed E-state index contributed by atoms with van der Waals surface area (Å²) >= 11 is 0. The quantitative estimate of drug-likeness (QED) is 0.885. The Morgan fingerprint density at radius 3 is 2.78 bits per heavy atom. The highest BCUT2D eigenvalue weighted by Crippen LogP contribution is 2.38. The number of aliphatic hydroxyl groups is 1. The number of hydrogen-bond acceptors (Lipinski definition) is 2. The van der Waals surface area contributed by atoms with E-state index in [1.807, 2.05) is 0 Å². The molecule has 1 heterocycles. The molecule has 0 spiro atoms. The first-order valence-electron chi connectivity index (χ1n) is 6.55. The van der Waals surface area contributed by atoms with E-state index in [0.717, 1.165) is 23.3 Å². The highest BCUT2D eigenvalue weighted by atomic mass is 16.5. The zero-order valence-corrected chi connectivity index (χ0v) is 11.7. The molecule has 0 bridgehead atoms. The minimum Gasteiger partial charge on any atom is -0.487 e. The van der Waals surface area contributed by atoms with E-state index in [0.29, 0.717) is 5.92 Å². The number of para-hydroxylation sites is 1. The average molecular weight is 246 g/mol. The zero-order chi connectivity index (χ0) is 13.3. The lowest BCUT2D eigenvalue weighted by atomic mass is 9.98. The molecule has 98 valence electrons. The molecule has 1 aliphatic heterocycles. The molecule has 0 radical (unpaired) electrons. The molecule has 2 nitrogen and oxygen atoms in total. The van der Waals surface area contributed by atoms with Gasteiger partial charge in [-0.25, -0.2) is 0 Å². The Morgan fingerprint density at radius 2 is 2.17 bits per heavy atom. The van der Waals surface area contributed by atoms with Gasteiger partial charge in [-0.3, -0.25) is 0 Å². The Kier molecular flexibility index (Phi) is 3.49. The molecular weight excluding hydrogens is 224 g/mol. The molecule has 0 saturated carbocycles. The minimum atomic E-state index is -0.122. The first kappa shape index (κ1) is 13.2. The molecule has 0 atom stereocenters. The third-order valence-corrected chi connectivity index (χ3v) is 3.39. The van der Waals surface area contributed by atoms with Gasteiger partial charge in [0.25, 0.3) is 0 Å². The first-order chi connectivity index (χ1) is 8.43. The largest absolute Gasteiger partial charge is 0.487 e. The predicted octanol–water partition coefficient (Wildman–Crippen LogP) is 3.43. The van der Waals surface area contributed by atoms with E-state index in [2.05, 4.69) is 52.0 Å². The van der Waals surface area contributed by atoms with Gasteiger partial charge in [-0.2, -0.15) is 0 Å². The summed E-state index contributed by atoms with van der Waals surface area (Å²) in [6.07, 6.45) is 3.01. The summed E-state index contributed by atoms with van der Waals surface area (Å²) in [7, 11) is 0. The molecule has 1 aliphatic rings. The number of hydrogen-bond donors (Lipinski definition) is 1. The van der Waals surface area contributed by atoms with Crippen LogP contribution in [0.3, 0.4) is 0 Å². The van der Waals surface area contributed by atoms with Crippen molar-refractivity contribution in [3.8, 4) is 5.75 Å². The van der Waals surface area contributed by atoms with E-state index in [4.69, 9.17) is 4.74 Å². The zero-order valence-electron chi connectivity index (χ0n) is 11.7. The van der Waals surface area contributed by atoms with Gasteiger partial charge in [0.1, 0.15) is 11.4 Å². The highest BCUT2D eigenvalue weighted by Gasteiger charge is 2.31. The molecule has 1 aromatic rings. The van der Waals surface area contributed by atoms with Crippen LogP contribution in [0.1, 0.15) is 38.8 Å². The van der Waals surface area contributed by atoms with E-state index >= 15 is 0 Å². The van der Waals surface area contributed by atoms with Gasteiger partial charge in [0, 0.05) is 12.0 Å². The molecule has 0 unspecified atom stereocenters. The van der Waals surface area contributed by atoms with Crippen LogP contribution in [0.15, 0.2) is 23.8 Å². The van der Waals surface area contributed by atoms with Gasteiger partial charge in [-0.15, -0.1) is 0 Å². The maximum atomic E-state index is 9.40. The second-order valence-electron chi connectivity index (χ2n) is 5.91. The molecule has 18 heavy (non-hydrogen) atoms. The van der Waals surface area contributed by atoms with Crippen LogP contribution in [0.25, 0.3) is 6.08 Å². The summed E-state index contributed by atoms with van der Waals surface area (Å²) in [5, 5.41) is 9.40. The van der Waals surface area contributed by atoms with Gasteiger partial charge >= 0.3 is 0 Å². The second-order valence-corrected chi connectivity index (χ2v) is 5.91. The van der Waals surface area contributed by atoms with E-state index in [-0.39, 0.29) is 12.2 Å². The second kappa shape index (κ2) is 4.77. The van der Waals surface area contributed by atoms with Crippen LogP contribution in [0.5, 0.6) is 5.75 Å². The van der Waals surface area contributed by atoms with Crippen LogP contribution in [0.2, 0.25) is 0 Å². The fourth-order valence-electron chi connectivity index (χ4n) is 2.35. The van der Waals surface area contributed by atoms with Crippen LogP contribution >= 0.6 is 0 Å². The van der Waals surface area contributed by atoms with Crippen molar-refractivity contribution in [2.75, 3.05) is 6.61 Å². The minimum absolute atomic E-state index is 0.102. The molecule has 1 aromatic carbocycles. The van der Waals surface area contributed by atoms with Crippen molar-refractivity contribution < 1.29 is 9.84 Å². The summed E-state index contributed by atoms with van der Waals surface area (Å²) in [5.41, 5.74) is 3.26. The number of benzene rings is 1. The van der Waals surface area contributed by atoms with Crippen molar-refractivity contribution in [1.82, 2.24) is 0 Å². The van der Waals surface area contributed by atoms with Gasteiger partial charge < -0.3 is 9.84 Å². The standard InChI is InChI=1S/C16H22O2/c1-11(2)14(10-17)8-12-6-5-7-13-9-16(3,4)18-15(12)13/h5-8,11,17H,9-10H2,1-4H3. The van der Waals surface area contributed by atoms with Crippen molar-refractivity contribution in [2.45, 2.75) is 39.7 Å². The number of aliphatic hydroxyl groups excluding tert-OH is 1. The fourth-order valence-corrected chi connectivity index (χ4v) is 2.35. The third-order valence-electron chi connectivity index (χ3n) is 3.39. The lowest BCUT2D eigenvalue weighted by Crippen LogP contribution is -2.24. The Hall–Kier alpha value is -1.28. The third kappa shape index (κ3) is 2.59. The summed E-state index contributed by atoms with van der Waals surface area (Å²) in [5.74, 6) is 1.33. The van der Waals surface area contributed by atoms with Crippen molar-refractivity contribution in [2.24, 2.45) is 5.92 Å². The maximum absolute atomic E-state index is 9.40. The van der Waals surface area contributed by atoms with E-state index in [9.17, 15) is 5.11 Å². The van der Waals surface area contributed by atoms with Gasteiger partial charge in [0.05, 0.1) is 6.61 Å². The molecular formula is C16H22O2. The van der Waals surface area contributed by atoms with E-state index < -0.39 is 0 Å². The van der Waals surface area contributed by atoms with Crippen molar-refractivity contribution in [3.05, 3.63) is 34.9 Å². The lowest BCUT2D eigenvalue weighted by molar-refractivity contribution is 0.138. The maximum Gasteiger partial charge on any atom is 0.130 e. The summed E-state index contributed by atoms with van der Waals surface area (Å²) in [4.78, 5) is 0. The molecule has 1 N–H and O–H groups in total. The van der Waals surface area contributed by atoms with Gasteiger partial charge in [-0.05, 0) is 37.0 Å². The predicted molar refractivity (Wildman–Crippen MR) is 74.8 cm³/mol. The number of fused-ring (bicyclic) bond motifs is 1. The van der Waals surface area contributed by atoms with E-state index in [1.165, 1.54) is 5.56 Å². The highest BCUT2D eigenvalue weighted by molar-refractivity contribution is 5.63. The molecule has 0 amide bonds. The van der Waals surface area contributed by atoms with Gasteiger partial charge in [0.2, 0.25) is 0 Å². The van der Waals surface area contributed by atoms with Crippen LogP contribution < -0.4 is 4.74 Å². The molecule has 0 fully saturated rings. The normalized spacial score (nSPS) is 17.8. The summed E-state index contributed by atoms with van der Waals surface area (Å²) < 4.78 is 6.02. The van der Waals surface area contributed by atoms with Crippen LogP contribution in [-0.4, -0.2) is 17.3 Å². The lowest BCUT2D eigenvalue weighted by Gasteiger charge is -2.18. The van der Waals surface area contributed by atoms with Crippen LogP contribution in [-0.2, 0) is 6.42 Å². The molecule has 0 aromatic heterocycles. The number of rotatable bonds is 3. The van der Waals surface area contributed by atoms with Crippen molar-refractivity contribution in [3.63, 3.8) is 0 Å². The summed E-state index contributed by atoms with van der Waals surface area (Å²) in [6.45, 7) is 8.50. The molecule has 0 aliphatic carbocycles. The smallest absolute Gasteiger partial charge is 0.130 e. The van der Waals surface area contributed by atoms with Gasteiger partial charge in [-0.1, -0.05) is 32.0 Å².